The van der Waals surface area contributed by atoms with Gasteiger partial charge < -0.3 is 5.32 Å². The molecule has 16 heavy (non-hydrogen) atoms. The SMILES string of the molecule is c1csc(-c2ccc(C3CCNC3)cc2)c1. The maximum Gasteiger partial charge on any atom is 0.0342 e. The highest BCUT2D eigenvalue weighted by Crippen LogP contribution is 2.28. The van der Waals surface area contributed by atoms with Crippen molar-refractivity contribution in [2.24, 2.45) is 0 Å². The Balaban J connectivity index is 1.84. The molecular formula is C14H15NS. The van der Waals surface area contributed by atoms with Crippen LogP contribution in [0.25, 0.3) is 10.4 Å². The summed E-state index contributed by atoms with van der Waals surface area (Å²) in [5.41, 5.74) is 2.81. The third-order valence-corrected chi connectivity index (χ3v) is 4.17. The fourth-order valence-electron chi connectivity index (χ4n) is 2.30. The number of hydrogen-bond donors (Lipinski definition) is 1. The lowest BCUT2D eigenvalue weighted by Gasteiger charge is -2.09. The van der Waals surface area contributed by atoms with E-state index >= 15 is 0 Å². The highest BCUT2D eigenvalue weighted by molar-refractivity contribution is 7.13. The molecule has 0 aliphatic carbocycles. The molecule has 82 valence electrons. The van der Waals surface area contributed by atoms with Gasteiger partial charge >= 0.3 is 0 Å². The number of hydrogen-bond acceptors (Lipinski definition) is 2. The average molecular weight is 229 g/mol. The third kappa shape index (κ3) is 1.91. The zero-order valence-electron chi connectivity index (χ0n) is 9.15. The molecule has 0 spiro atoms. The largest absolute Gasteiger partial charge is 0.316 e. The Morgan fingerprint density at radius 2 is 2.00 bits per heavy atom. The molecule has 2 heteroatoms. The Hall–Kier alpha value is -1.12. The first-order valence-electron chi connectivity index (χ1n) is 5.78. The van der Waals surface area contributed by atoms with Crippen molar-refractivity contribution in [1.82, 2.24) is 5.32 Å². The summed E-state index contributed by atoms with van der Waals surface area (Å²) < 4.78 is 0. The van der Waals surface area contributed by atoms with Crippen LogP contribution in [0, 0.1) is 0 Å². The summed E-state index contributed by atoms with van der Waals surface area (Å²) in [6.45, 7) is 2.30. The third-order valence-electron chi connectivity index (χ3n) is 3.25. The van der Waals surface area contributed by atoms with Crippen LogP contribution in [0.2, 0.25) is 0 Å². The summed E-state index contributed by atoms with van der Waals surface area (Å²) in [7, 11) is 0. The zero-order chi connectivity index (χ0) is 10.8. The first kappa shape index (κ1) is 10.1. The molecule has 1 aromatic carbocycles. The van der Waals surface area contributed by atoms with Gasteiger partial charge in [0.1, 0.15) is 0 Å². The van der Waals surface area contributed by atoms with Crippen LogP contribution in [0.4, 0.5) is 0 Å². The monoisotopic (exact) mass is 229 g/mol. The van der Waals surface area contributed by atoms with E-state index < -0.39 is 0 Å². The van der Waals surface area contributed by atoms with E-state index in [-0.39, 0.29) is 0 Å². The Morgan fingerprint density at radius 3 is 2.62 bits per heavy atom. The van der Waals surface area contributed by atoms with Crippen LogP contribution in [-0.2, 0) is 0 Å². The summed E-state index contributed by atoms with van der Waals surface area (Å²) in [4.78, 5) is 1.36. The van der Waals surface area contributed by atoms with E-state index in [9.17, 15) is 0 Å². The topological polar surface area (TPSA) is 12.0 Å². The van der Waals surface area contributed by atoms with E-state index in [2.05, 4.69) is 47.1 Å². The van der Waals surface area contributed by atoms with Gasteiger partial charge in [0.15, 0.2) is 0 Å². The fraction of sp³-hybridized carbons (Fsp3) is 0.286. The van der Waals surface area contributed by atoms with Crippen LogP contribution in [0.15, 0.2) is 41.8 Å². The number of nitrogens with one attached hydrogen (secondary N) is 1. The van der Waals surface area contributed by atoms with E-state index in [1.165, 1.54) is 22.4 Å². The molecule has 3 rings (SSSR count). The molecule has 2 aromatic rings. The minimum absolute atomic E-state index is 0.720. The molecule has 0 amide bonds. The second kappa shape index (κ2) is 4.40. The number of rotatable bonds is 2. The normalized spacial score (nSPS) is 20.1. The minimum atomic E-state index is 0.720. The first-order chi connectivity index (χ1) is 7.93. The Labute approximate surface area is 100 Å². The first-order valence-corrected chi connectivity index (χ1v) is 6.66. The lowest BCUT2D eigenvalue weighted by molar-refractivity contribution is 0.763. The minimum Gasteiger partial charge on any atom is -0.316 e. The van der Waals surface area contributed by atoms with Crippen molar-refractivity contribution in [2.75, 3.05) is 13.1 Å². The van der Waals surface area contributed by atoms with Gasteiger partial charge in [-0.1, -0.05) is 30.3 Å². The van der Waals surface area contributed by atoms with Crippen LogP contribution >= 0.6 is 11.3 Å². The van der Waals surface area contributed by atoms with Crippen molar-refractivity contribution in [3.05, 3.63) is 47.3 Å². The molecule has 1 saturated heterocycles. The van der Waals surface area contributed by atoms with Crippen molar-refractivity contribution >= 4 is 11.3 Å². The van der Waals surface area contributed by atoms with E-state index in [1.807, 2.05) is 0 Å². The summed E-state index contributed by atoms with van der Waals surface area (Å²) >= 11 is 1.80. The number of benzene rings is 1. The van der Waals surface area contributed by atoms with Gasteiger partial charge in [0.05, 0.1) is 0 Å². The van der Waals surface area contributed by atoms with Crippen molar-refractivity contribution in [3.8, 4) is 10.4 Å². The van der Waals surface area contributed by atoms with Crippen LogP contribution < -0.4 is 5.32 Å². The van der Waals surface area contributed by atoms with Crippen LogP contribution in [0.5, 0.6) is 0 Å². The van der Waals surface area contributed by atoms with Crippen molar-refractivity contribution < 1.29 is 0 Å². The molecule has 0 bridgehead atoms. The Bertz CT molecular complexity index is 438. The van der Waals surface area contributed by atoms with Gasteiger partial charge in [0.25, 0.3) is 0 Å². The molecule has 1 fully saturated rings. The molecule has 2 heterocycles. The lowest BCUT2D eigenvalue weighted by atomic mass is 9.97. The van der Waals surface area contributed by atoms with E-state index in [4.69, 9.17) is 0 Å². The molecule has 1 atom stereocenters. The molecule has 1 aromatic heterocycles. The molecule has 0 saturated carbocycles. The smallest absolute Gasteiger partial charge is 0.0342 e. The van der Waals surface area contributed by atoms with Gasteiger partial charge in [-0.25, -0.2) is 0 Å². The molecule has 1 N–H and O–H groups in total. The molecule has 1 unspecified atom stereocenters. The van der Waals surface area contributed by atoms with Crippen LogP contribution in [-0.4, -0.2) is 13.1 Å². The summed E-state index contributed by atoms with van der Waals surface area (Å²) in [6.07, 6.45) is 1.28. The molecule has 1 aliphatic rings. The van der Waals surface area contributed by atoms with Gasteiger partial charge in [-0.2, -0.15) is 0 Å². The maximum absolute atomic E-state index is 3.42. The van der Waals surface area contributed by atoms with E-state index in [1.54, 1.807) is 11.3 Å². The lowest BCUT2D eigenvalue weighted by Crippen LogP contribution is -2.07. The Kier molecular flexibility index (Phi) is 2.77. The summed E-state index contributed by atoms with van der Waals surface area (Å²) in [6, 6.07) is 13.4. The van der Waals surface area contributed by atoms with E-state index in [0.717, 1.165) is 19.0 Å². The molecular weight excluding hydrogens is 214 g/mol. The van der Waals surface area contributed by atoms with Gasteiger partial charge in [-0.3, -0.25) is 0 Å². The fourth-order valence-corrected chi connectivity index (χ4v) is 3.03. The predicted molar refractivity (Wildman–Crippen MR) is 70.0 cm³/mol. The summed E-state index contributed by atoms with van der Waals surface area (Å²) in [5.74, 6) is 0.720. The standard InChI is InChI=1S/C14H15NS/c1-2-14(16-9-1)12-5-3-11(4-6-12)13-7-8-15-10-13/h1-6,9,13,15H,7-8,10H2. The molecule has 1 nitrogen and oxygen atoms in total. The zero-order valence-corrected chi connectivity index (χ0v) is 9.96. The predicted octanol–water partition coefficient (Wildman–Crippen LogP) is 3.49. The highest BCUT2D eigenvalue weighted by Gasteiger charge is 2.16. The number of thiophene rings is 1. The van der Waals surface area contributed by atoms with Gasteiger partial charge in [0.2, 0.25) is 0 Å². The summed E-state index contributed by atoms with van der Waals surface area (Å²) in [5, 5.41) is 5.54. The van der Waals surface area contributed by atoms with Gasteiger partial charge in [-0.05, 0) is 41.5 Å². The average Bonchev–Trinajstić information content (AvgIpc) is 3.03. The second-order valence-corrected chi connectivity index (χ2v) is 5.24. The maximum atomic E-state index is 3.42. The Morgan fingerprint density at radius 1 is 1.12 bits per heavy atom. The van der Waals surface area contributed by atoms with Gasteiger partial charge in [-0.15, -0.1) is 11.3 Å². The van der Waals surface area contributed by atoms with Crippen LogP contribution in [0.3, 0.4) is 0 Å². The quantitative estimate of drug-likeness (QED) is 0.831. The highest BCUT2D eigenvalue weighted by atomic mass is 32.1. The van der Waals surface area contributed by atoms with Crippen molar-refractivity contribution in [2.45, 2.75) is 12.3 Å². The van der Waals surface area contributed by atoms with Crippen LogP contribution in [0.1, 0.15) is 17.9 Å². The van der Waals surface area contributed by atoms with Gasteiger partial charge in [0, 0.05) is 11.4 Å². The second-order valence-electron chi connectivity index (χ2n) is 4.29. The van der Waals surface area contributed by atoms with Crippen molar-refractivity contribution in [3.63, 3.8) is 0 Å². The molecule has 1 aliphatic heterocycles. The molecule has 0 radical (unpaired) electrons. The van der Waals surface area contributed by atoms with E-state index in [0.29, 0.717) is 0 Å². The van der Waals surface area contributed by atoms with Crippen molar-refractivity contribution in [1.29, 1.82) is 0 Å².